The third kappa shape index (κ3) is 3.61. The molecule has 0 aliphatic rings. The second-order valence-electron chi connectivity index (χ2n) is 5.10. The van der Waals surface area contributed by atoms with Gasteiger partial charge in [-0.25, -0.2) is 0 Å². The van der Waals surface area contributed by atoms with E-state index in [0.717, 1.165) is 17.9 Å². The van der Waals surface area contributed by atoms with Gasteiger partial charge in [-0.2, -0.15) is 0 Å². The highest BCUT2D eigenvalue weighted by atomic mass is 14.9. The highest BCUT2D eigenvalue weighted by Gasteiger charge is 2.06. The largest absolute Gasteiger partial charge is 0.305 e. The van der Waals surface area contributed by atoms with Crippen molar-refractivity contribution in [2.45, 2.75) is 40.3 Å². The van der Waals surface area contributed by atoms with Gasteiger partial charge in [0.1, 0.15) is 0 Å². The highest BCUT2D eigenvalue weighted by Crippen LogP contribution is 2.17. The molecule has 19 heavy (non-hydrogen) atoms. The van der Waals surface area contributed by atoms with Gasteiger partial charge < -0.3 is 5.32 Å². The SMILES string of the molecule is Cc1cnc(CNC(C)c2ccc(C)c(C)c2)cn1. The summed E-state index contributed by atoms with van der Waals surface area (Å²) in [6.07, 6.45) is 3.63. The molecular weight excluding hydrogens is 234 g/mol. The van der Waals surface area contributed by atoms with Crippen LogP contribution in [-0.2, 0) is 6.54 Å². The highest BCUT2D eigenvalue weighted by molar-refractivity contribution is 5.31. The number of benzene rings is 1. The first-order valence-electron chi connectivity index (χ1n) is 6.64. The molecule has 0 saturated heterocycles. The van der Waals surface area contributed by atoms with Crippen LogP contribution in [0, 0.1) is 20.8 Å². The van der Waals surface area contributed by atoms with Gasteiger partial charge in [-0.1, -0.05) is 18.2 Å². The van der Waals surface area contributed by atoms with Gasteiger partial charge in [0.15, 0.2) is 0 Å². The molecule has 1 aromatic heterocycles. The van der Waals surface area contributed by atoms with Gasteiger partial charge >= 0.3 is 0 Å². The van der Waals surface area contributed by atoms with E-state index in [1.54, 1.807) is 6.20 Å². The Morgan fingerprint density at radius 1 is 1.05 bits per heavy atom. The summed E-state index contributed by atoms with van der Waals surface area (Å²) in [5.41, 5.74) is 5.90. The molecule has 1 aromatic carbocycles. The monoisotopic (exact) mass is 255 g/mol. The van der Waals surface area contributed by atoms with Crippen molar-refractivity contribution >= 4 is 0 Å². The second kappa shape index (κ2) is 5.93. The van der Waals surface area contributed by atoms with Crippen molar-refractivity contribution in [3.05, 3.63) is 58.7 Å². The van der Waals surface area contributed by atoms with E-state index in [9.17, 15) is 0 Å². The number of aromatic nitrogens is 2. The maximum absolute atomic E-state index is 4.35. The van der Waals surface area contributed by atoms with Gasteiger partial charge in [-0.3, -0.25) is 9.97 Å². The van der Waals surface area contributed by atoms with Crippen LogP contribution in [0.1, 0.15) is 41.0 Å². The molecule has 1 unspecified atom stereocenters. The first kappa shape index (κ1) is 13.7. The van der Waals surface area contributed by atoms with Crippen LogP contribution in [0.3, 0.4) is 0 Å². The molecule has 0 aliphatic carbocycles. The molecule has 1 atom stereocenters. The van der Waals surface area contributed by atoms with E-state index in [-0.39, 0.29) is 0 Å². The van der Waals surface area contributed by atoms with Crippen molar-refractivity contribution < 1.29 is 0 Å². The van der Waals surface area contributed by atoms with Crippen LogP contribution in [0.15, 0.2) is 30.6 Å². The van der Waals surface area contributed by atoms with Crippen LogP contribution in [0.25, 0.3) is 0 Å². The third-order valence-corrected chi connectivity index (χ3v) is 3.45. The summed E-state index contributed by atoms with van der Waals surface area (Å²) >= 11 is 0. The fraction of sp³-hybridized carbons (Fsp3) is 0.375. The van der Waals surface area contributed by atoms with Gasteiger partial charge in [-0.05, 0) is 44.4 Å². The third-order valence-electron chi connectivity index (χ3n) is 3.45. The van der Waals surface area contributed by atoms with Gasteiger partial charge in [0.25, 0.3) is 0 Å². The van der Waals surface area contributed by atoms with E-state index < -0.39 is 0 Å². The predicted molar refractivity (Wildman–Crippen MR) is 77.9 cm³/mol. The Labute approximate surface area is 115 Å². The smallest absolute Gasteiger partial charge is 0.0724 e. The van der Waals surface area contributed by atoms with Crippen LogP contribution in [0.2, 0.25) is 0 Å². The zero-order valence-electron chi connectivity index (χ0n) is 12.1. The first-order chi connectivity index (χ1) is 9.06. The fourth-order valence-corrected chi connectivity index (χ4v) is 1.92. The average Bonchev–Trinajstić information content (AvgIpc) is 2.41. The molecule has 0 saturated carbocycles. The molecule has 2 rings (SSSR count). The standard InChI is InChI=1S/C16H21N3/c1-11-5-6-15(7-12(11)2)14(4)18-10-16-9-17-13(3)8-19-16/h5-9,14,18H,10H2,1-4H3. The molecule has 0 fully saturated rings. The van der Waals surface area contributed by atoms with Crippen molar-refractivity contribution in [1.29, 1.82) is 0 Å². The molecule has 3 nitrogen and oxygen atoms in total. The molecule has 100 valence electrons. The summed E-state index contributed by atoms with van der Waals surface area (Å²) in [6.45, 7) is 9.14. The minimum atomic E-state index is 0.308. The number of hydrogen-bond donors (Lipinski definition) is 1. The molecule has 2 aromatic rings. The van der Waals surface area contributed by atoms with E-state index in [1.807, 2.05) is 13.1 Å². The van der Waals surface area contributed by atoms with E-state index in [0.29, 0.717) is 6.04 Å². The quantitative estimate of drug-likeness (QED) is 0.911. The minimum Gasteiger partial charge on any atom is -0.305 e. The molecule has 0 amide bonds. The van der Waals surface area contributed by atoms with Gasteiger partial charge in [0, 0.05) is 25.0 Å². The summed E-state index contributed by atoms with van der Waals surface area (Å²) in [6, 6.07) is 6.91. The van der Waals surface area contributed by atoms with Gasteiger partial charge in [0.2, 0.25) is 0 Å². The Kier molecular flexibility index (Phi) is 4.27. The first-order valence-corrected chi connectivity index (χ1v) is 6.64. The normalized spacial score (nSPS) is 12.4. The molecule has 0 bridgehead atoms. The molecule has 1 heterocycles. The van der Waals surface area contributed by atoms with E-state index in [4.69, 9.17) is 0 Å². The molecule has 0 radical (unpaired) electrons. The number of nitrogens with zero attached hydrogens (tertiary/aromatic N) is 2. The van der Waals surface area contributed by atoms with Gasteiger partial charge in [-0.15, -0.1) is 0 Å². The van der Waals surface area contributed by atoms with E-state index in [2.05, 4.69) is 54.3 Å². The topological polar surface area (TPSA) is 37.8 Å². The number of nitrogens with one attached hydrogen (secondary N) is 1. The van der Waals surface area contributed by atoms with Crippen molar-refractivity contribution in [2.75, 3.05) is 0 Å². The summed E-state index contributed by atoms with van der Waals surface area (Å²) in [5.74, 6) is 0. The van der Waals surface area contributed by atoms with Crippen LogP contribution in [-0.4, -0.2) is 9.97 Å². The van der Waals surface area contributed by atoms with Gasteiger partial charge in [0.05, 0.1) is 11.4 Å². The minimum absolute atomic E-state index is 0.308. The van der Waals surface area contributed by atoms with Crippen molar-refractivity contribution in [3.8, 4) is 0 Å². The second-order valence-corrected chi connectivity index (χ2v) is 5.10. The zero-order valence-corrected chi connectivity index (χ0v) is 12.1. The fourth-order valence-electron chi connectivity index (χ4n) is 1.92. The molecule has 0 spiro atoms. The lowest BCUT2D eigenvalue weighted by atomic mass is 10.0. The number of rotatable bonds is 4. The molecule has 1 N–H and O–H groups in total. The van der Waals surface area contributed by atoms with Crippen molar-refractivity contribution in [2.24, 2.45) is 0 Å². The summed E-state index contributed by atoms with van der Waals surface area (Å²) in [7, 11) is 0. The van der Waals surface area contributed by atoms with Crippen LogP contribution < -0.4 is 5.32 Å². The van der Waals surface area contributed by atoms with Crippen LogP contribution in [0.4, 0.5) is 0 Å². The van der Waals surface area contributed by atoms with E-state index >= 15 is 0 Å². The Bertz CT molecular complexity index is 546. The molecule has 0 aliphatic heterocycles. The lowest BCUT2D eigenvalue weighted by Crippen LogP contribution is -2.19. The van der Waals surface area contributed by atoms with Crippen molar-refractivity contribution in [1.82, 2.24) is 15.3 Å². The molecule has 3 heteroatoms. The molecular formula is C16H21N3. The number of aryl methyl sites for hydroxylation is 3. The average molecular weight is 255 g/mol. The van der Waals surface area contributed by atoms with Crippen molar-refractivity contribution in [3.63, 3.8) is 0 Å². The Morgan fingerprint density at radius 3 is 2.47 bits per heavy atom. The maximum Gasteiger partial charge on any atom is 0.0724 e. The Hall–Kier alpha value is -1.74. The zero-order chi connectivity index (χ0) is 13.8. The van der Waals surface area contributed by atoms with Crippen LogP contribution >= 0.6 is 0 Å². The predicted octanol–water partition coefficient (Wildman–Crippen LogP) is 3.25. The van der Waals surface area contributed by atoms with Crippen LogP contribution in [0.5, 0.6) is 0 Å². The number of hydrogen-bond acceptors (Lipinski definition) is 3. The Balaban J connectivity index is 1.98. The Morgan fingerprint density at radius 2 is 1.84 bits per heavy atom. The maximum atomic E-state index is 4.35. The summed E-state index contributed by atoms with van der Waals surface area (Å²) in [5, 5.41) is 3.48. The van der Waals surface area contributed by atoms with E-state index in [1.165, 1.54) is 16.7 Å². The lowest BCUT2D eigenvalue weighted by molar-refractivity contribution is 0.566. The summed E-state index contributed by atoms with van der Waals surface area (Å²) < 4.78 is 0. The lowest BCUT2D eigenvalue weighted by Gasteiger charge is -2.15. The summed E-state index contributed by atoms with van der Waals surface area (Å²) in [4.78, 5) is 8.60.